The van der Waals surface area contributed by atoms with Crippen LogP contribution in [-0.2, 0) is 13.0 Å². The number of methoxy groups -OCH3 is 1. The van der Waals surface area contributed by atoms with Crippen molar-refractivity contribution in [2.45, 2.75) is 40.7 Å². The standard InChI is InChI=1S/C27H29N3O3/c1-17(2)11-22-14-23(31-5)15-24(28-22)27-30-29-26(33-27)21-12-18(3)25(19(4)13-21)32-16-20-9-7-6-8-10-20/h6-10,12-15,17H,11,16H2,1-5H3. The highest BCUT2D eigenvalue weighted by Gasteiger charge is 2.16. The topological polar surface area (TPSA) is 70.3 Å². The highest BCUT2D eigenvalue weighted by atomic mass is 16.5. The van der Waals surface area contributed by atoms with Crippen LogP contribution in [0.25, 0.3) is 23.0 Å². The first-order chi connectivity index (χ1) is 15.9. The molecule has 6 heteroatoms. The zero-order valence-corrected chi connectivity index (χ0v) is 19.8. The molecule has 33 heavy (non-hydrogen) atoms. The van der Waals surface area contributed by atoms with E-state index in [0.717, 1.165) is 45.9 Å². The Morgan fingerprint density at radius 1 is 0.909 bits per heavy atom. The molecule has 0 aliphatic carbocycles. The molecule has 0 saturated carbocycles. The summed E-state index contributed by atoms with van der Waals surface area (Å²) < 4.78 is 17.6. The van der Waals surface area contributed by atoms with Crippen LogP contribution in [0.4, 0.5) is 0 Å². The Hall–Kier alpha value is -3.67. The predicted octanol–water partition coefficient (Wildman–Crippen LogP) is 6.20. The molecule has 170 valence electrons. The van der Waals surface area contributed by atoms with Crippen LogP contribution in [0.5, 0.6) is 11.5 Å². The minimum Gasteiger partial charge on any atom is -0.497 e. The van der Waals surface area contributed by atoms with Gasteiger partial charge in [-0.05, 0) is 55.0 Å². The van der Waals surface area contributed by atoms with Crippen molar-refractivity contribution in [2.24, 2.45) is 5.92 Å². The first kappa shape index (κ1) is 22.5. The van der Waals surface area contributed by atoms with E-state index in [4.69, 9.17) is 18.9 Å². The molecule has 6 nitrogen and oxygen atoms in total. The largest absolute Gasteiger partial charge is 0.497 e. The van der Waals surface area contributed by atoms with Gasteiger partial charge in [-0.15, -0.1) is 10.2 Å². The van der Waals surface area contributed by atoms with Gasteiger partial charge in [-0.3, -0.25) is 0 Å². The van der Waals surface area contributed by atoms with Gasteiger partial charge in [0.05, 0.1) is 7.11 Å². The van der Waals surface area contributed by atoms with Gasteiger partial charge in [-0.1, -0.05) is 44.2 Å². The van der Waals surface area contributed by atoms with Crippen molar-refractivity contribution in [1.82, 2.24) is 15.2 Å². The lowest BCUT2D eigenvalue weighted by Crippen LogP contribution is -2.00. The number of pyridine rings is 1. The molecule has 2 aromatic heterocycles. The third-order valence-corrected chi connectivity index (χ3v) is 5.28. The molecule has 0 radical (unpaired) electrons. The number of nitrogens with zero attached hydrogens (tertiary/aromatic N) is 3. The van der Waals surface area contributed by atoms with Gasteiger partial charge in [0.2, 0.25) is 5.89 Å². The van der Waals surface area contributed by atoms with E-state index in [2.05, 4.69) is 36.2 Å². The molecule has 0 bridgehead atoms. The molecule has 0 aliphatic rings. The van der Waals surface area contributed by atoms with Crippen LogP contribution in [0.15, 0.2) is 59.0 Å². The second-order valence-corrected chi connectivity index (χ2v) is 8.61. The second kappa shape index (κ2) is 9.86. The van der Waals surface area contributed by atoms with E-state index in [0.29, 0.717) is 30.0 Å². The summed E-state index contributed by atoms with van der Waals surface area (Å²) in [6.07, 6.45) is 0.841. The van der Waals surface area contributed by atoms with E-state index in [9.17, 15) is 0 Å². The molecular formula is C27H29N3O3. The van der Waals surface area contributed by atoms with Crippen LogP contribution < -0.4 is 9.47 Å². The third kappa shape index (κ3) is 5.40. The van der Waals surface area contributed by atoms with Crippen molar-refractivity contribution in [3.63, 3.8) is 0 Å². The van der Waals surface area contributed by atoms with Gasteiger partial charge < -0.3 is 13.9 Å². The Morgan fingerprint density at radius 2 is 1.61 bits per heavy atom. The SMILES string of the molecule is COc1cc(CC(C)C)nc(-c2nnc(-c3cc(C)c(OCc4ccccc4)c(C)c3)o2)c1. The summed E-state index contributed by atoms with van der Waals surface area (Å²) in [7, 11) is 1.64. The maximum Gasteiger partial charge on any atom is 0.266 e. The maximum absolute atomic E-state index is 6.10. The fourth-order valence-corrected chi connectivity index (χ4v) is 3.78. The van der Waals surface area contributed by atoms with Crippen molar-refractivity contribution >= 4 is 0 Å². The lowest BCUT2D eigenvalue weighted by molar-refractivity contribution is 0.302. The summed E-state index contributed by atoms with van der Waals surface area (Å²) in [5.74, 6) is 2.89. The van der Waals surface area contributed by atoms with Crippen molar-refractivity contribution in [3.05, 3.63) is 77.0 Å². The maximum atomic E-state index is 6.10. The van der Waals surface area contributed by atoms with Crippen LogP contribution in [0.2, 0.25) is 0 Å². The molecule has 4 rings (SSSR count). The summed E-state index contributed by atoms with van der Waals surface area (Å²) >= 11 is 0. The fraction of sp³-hybridized carbons (Fsp3) is 0.296. The van der Waals surface area contributed by atoms with Crippen LogP contribution in [0.1, 0.15) is 36.2 Å². The minimum absolute atomic E-state index is 0.369. The van der Waals surface area contributed by atoms with E-state index in [1.165, 1.54) is 0 Å². The fourth-order valence-electron chi connectivity index (χ4n) is 3.78. The Morgan fingerprint density at radius 3 is 2.27 bits per heavy atom. The Labute approximate surface area is 194 Å². The second-order valence-electron chi connectivity index (χ2n) is 8.61. The number of aromatic nitrogens is 3. The van der Waals surface area contributed by atoms with Crippen LogP contribution in [0, 0.1) is 19.8 Å². The number of hydrogen-bond acceptors (Lipinski definition) is 6. The van der Waals surface area contributed by atoms with Crippen LogP contribution in [-0.4, -0.2) is 22.3 Å². The normalized spacial score (nSPS) is 11.1. The number of aryl methyl sites for hydroxylation is 2. The van der Waals surface area contributed by atoms with Crippen molar-refractivity contribution in [1.29, 1.82) is 0 Å². The van der Waals surface area contributed by atoms with Gasteiger partial charge >= 0.3 is 0 Å². The van der Waals surface area contributed by atoms with Gasteiger partial charge in [0.1, 0.15) is 23.8 Å². The van der Waals surface area contributed by atoms with Gasteiger partial charge in [-0.2, -0.15) is 0 Å². The number of ether oxygens (including phenoxy) is 2. The lowest BCUT2D eigenvalue weighted by Gasteiger charge is -2.13. The van der Waals surface area contributed by atoms with Crippen LogP contribution >= 0.6 is 0 Å². The highest BCUT2D eigenvalue weighted by Crippen LogP contribution is 2.32. The zero-order chi connectivity index (χ0) is 23.4. The van der Waals surface area contributed by atoms with Gasteiger partial charge in [0.25, 0.3) is 5.89 Å². The third-order valence-electron chi connectivity index (χ3n) is 5.28. The summed E-state index contributed by atoms with van der Waals surface area (Å²) in [5.41, 5.74) is 5.55. The smallest absolute Gasteiger partial charge is 0.266 e. The summed E-state index contributed by atoms with van der Waals surface area (Å²) in [6, 6.07) is 17.9. The predicted molar refractivity (Wildman–Crippen MR) is 128 cm³/mol. The number of rotatable bonds is 8. The van der Waals surface area contributed by atoms with Crippen molar-refractivity contribution < 1.29 is 13.9 Å². The summed E-state index contributed by atoms with van der Waals surface area (Å²) in [5, 5.41) is 8.53. The molecule has 0 fully saturated rings. The van der Waals surface area contributed by atoms with E-state index < -0.39 is 0 Å². The van der Waals surface area contributed by atoms with Gasteiger partial charge in [0.15, 0.2) is 0 Å². The zero-order valence-electron chi connectivity index (χ0n) is 19.8. The van der Waals surface area contributed by atoms with Crippen LogP contribution in [0.3, 0.4) is 0 Å². The molecule has 2 heterocycles. The number of hydrogen-bond donors (Lipinski definition) is 0. The first-order valence-electron chi connectivity index (χ1n) is 11.1. The van der Waals surface area contributed by atoms with Crippen molar-refractivity contribution in [3.8, 4) is 34.5 Å². The van der Waals surface area contributed by atoms with Gasteiger partial charge in [0, 0.05) is 23.4 Å². The molecular weight excluding hydrogens is 414 g/mol. The molecule has 0 unspecified atom stereocenters. The molecule has 0 amide bonds. The molecule has 4 aromatic rings. The minimum atomic E-state index is 0.369. The first-order valence-corrected chi connectivity index (χ1v) is 11.1. The summed E-state index contributed by atoms with van der Waals surface area (Å²) in [4.78, 5) is 4.70. The van der Waals surface area contributed by atoms with E-state index in [1.807, 2.05) is 56.3 Å². The molecule has 0 saturated heterocycles. The Kier molecular flexibility index (Phi) is 6.73. The summed E-state index contributed by atoms with van der Waals surface area (Å²) in [6.45, 7) is 8.88. The average molecular weight is 444 g/mol. The quantitative estimate of drug-likeness (QED) is 0.323. The monoisotopic (exact) mass is 443 g/mol. The lowest BCUT2D eigenvalue weighted by atomic mass is 10.1. The van der Waals surface area contributed by atoms with E-state index in [1.54, 1.807) is 7.11 Å². The number of benzene rings is 2. The van der Waals surface area contributed by atoms with E-state index >= 15 is 0 Å². The molecule has 0 aliphatic heterocycles. The molecule has 0 spiro atoms. The van der Waals surface area contributed by atoms with E-state index in [-0.39, 0.29) is 0 Å². The molecule has 2 aromatic carbocycles. The highest BCUT2D eigenvalue weighted by molar-refractivity contribution is 5.61. The Balaban J connectivity index is 1.58. The van der Waals surface area contributed by atoms with Crippen molar-refractivity contribution in [2.75, 3.05) is 7.11 Å². The Bertz CT molecular complexity index is 1210. The molecule has 0 N–H and O–H groups in total. The average Bonchev–Trinajstić information content (AvgIpc) is 3.29. The molecule has 0 atom stereocenters. The van der Waals surface area contributed by atoms with Gasteiger partial charge in [-0.25, -0.2) is 4.98 Å².